The first-order chi connectivity index (χ1) is 11.8. The molecule has 1 amide bonds. The van der Waals surface area contributed by atoms with E-state index >= 15 is 0 Å². The van der Waals surface area contributed by atoms with Gasteiger partial charge >= 0.3 is 12.1 Å². The van der Waals surface area contributed by atoms with Gasteiger partial charge in [0.2, 0.25) is 0 Å². The highest BCUT2D eigenvalue weighted by atomic mass is 16.6. The van der Waals surface area contributed by atoms with Crippen molar-refractivity contribution in [2.24, 2.45) is 23.2 Å². The first kappa shape index (κ1) is 20.1. The fourth-order valence-corrected chi connectivity index (χ4v) is 3.70. The maximum atomic E-state index is 12.5. The Balaban J connectivity index is 1.74. The van der Waals surface area contributed by atoms with Crippen LogP contribution in [0.25, 0.3) is 0 Å². The predicted molar refractivity (Wildman–Crippen MR) is 97.2 cm³/mol. The standard InChI is InChI=1S/C20H35NO4/c1-15(2)7-5-11-24-18(22)20-13-17(20)9-10-21(14-20)19(23)25-12-6-8-16(3)4/h15-17H,5-14H2,1-4H3. The highest BCUT2D eigenvalue weighted by molar-refractivity contribution is 5.82. The summed E-state index contributed by atoms with van der Waals surface area (Å²) >= 11 is 0. The molecule has 0 aromatic rings. The highest BCUT2D eigenvalue weighted by Crippen LogP contribution is 2.58. The maximum Gasteiger partial charge on any atom is 0.409 e. The summed E-state index contributed by atoms with van der Waals surface area (Å²) in [5.74, 6) is 1.52. The normalized spacial score (nSPS) is 25.0. The smallest absolute Gasteiger partial charge is 0.409 e. The van der Waals surface area contributed by atoms with Crippen molar-refractivity contribution in [2.75, 3.05) is 26.3 Å². The number of hydrogen-bond acceptors (Lipinski definition) is 4. The van der Waals surface area contributed by atoms with E-state index in [1.807, 2.05) is 0 Å². The molecule has 2 atom stereocenters. The van der Waals surface area contributed by atoms with Crippen LogP contribution >= 0.6 is 0 Å². The van der Waals surface area contributed by atoms with E-state index in [2.05, 4.69) is 27.7 Å². The number of likely N-dealkylation sites (tertiary alicyclic amines) is 1. The molecule has 2 fully saturated rings. The molecule has 1 aliphatic heterocycles. The summed E-state index contributed by atoms with van der Waals surface area (Å²) in [6.45, 7) is 10.8. The lowest BCUT2D eigenvalue weighted by molar-refractivity contribution is -0.152. The number of esters is 1. The number of piperidine rings is 1. The van der Waals surface area contributed by atoms with Gasteiger partial charge in [-0.1, -0.05) is 27.7 Å². The molecule has 0 aromatic carbocycles. The zero-order valence-electron chi connectivity index (χ0n) is 16.4. The summed E-state index contributed by atoms with van der Waals surface area (Å²) in [5, 5.41) is 0. The Morgan fingerprint density at radius 1 is 1.04 bits per heavy atom. The number of ether oxygens (including phenoxy) is 2. The number of amides is 1. The van der Waals surface area contributed by atoms with E-state index < -0.39 is 5.41 Å². The molecule has 25 heavy (non-hydrogen) atoms. The van der Waals surface area contributed by atoms with Gasteiger partial charge in [0, 0.05) is 13.1 Å². The molecule has 0 radical (unpaired) electrons. The van der Waals surface area contributed by atoms with Crippen LogP contribution < -0.4 is 0 Å². The highest BCUT2D eigenvalue weighted by Gasteiger charge is 2.64. The molecule has 2 aliphatic rings. The maximum absolute atomic E-state index is 12.5. The largest absolute Gasteiger partial charge is 0.465 e. The van der Waals surface area contributed by atoms with Crippen LogP contribution in [0.3, 0.4) is 0 Å². The van der Waals surface area contributed by atoms with Crippen LogP contribution in [-0.2, 0) is 14.3 Å². The van der Waals surface area contributed by atoms with Gasteiger partial charge in [-0.05, 0) is 56.3 Å². The Kier molecular flexibility index (Phi) is 7.14. The number of nitrogens with zero attached hydrogens (tertiary/aromatic N) is 1. The molecular weight excluding hydrogens is 318 g/mol. The molecule has 0 bridgehead atoms. The van der Waals surface area contributed by atoms with Crippen molar-refractivity contribution >= 4 is 12.1 Å². The second kappa shape index (κ2) is 8.91. The zero-order chi connectivity index (χ0) is 18.4. The Bertz CT molecular complexity index is 463. The molecule has 1 aliphatic carbocycles. The quantitative estimate of drug-likeness (QED) is 0.459. The second-order valence-corrected chi connectivity index (χ2v) is 8.59. The van der Waals surface area contributed by atoms with Crippen molar-refractivity contribution < 1.29 is 19.1 Å². The van der Waals surface area contributed by atoms with Gasteiger partial charge in [0.1, 0.15) is 0 Å². The number of carbonyl (C=O) groups is 2. The Morgan fingerprint density at radius 3 is 2.24 bits per heavy atom. The molecule has 0 N–H and O–H groups in total. The Labute approximate surface area is 152 Å². The van der Waals surface area contributed by atoms with E-state index in [1.54, 1.807) is 4.90 Å². The molecule has 144 valence electrons. The minimum absolute atomic E-state index is 0.112. The van der Waals surface area contributed by atoms with Crippen molar-refractivity contribution in [1.29, 1.82) is 0 Å². The van der Waals surface area contributed by atoms with E-state index in [4.69, 9.17) is 9.47 Å². The average Bonchev–Trinajstić information content (AvgIpc) is 3.29. The van der Waals surface area contributed by atoms with E-state index in [-0.39, 0.29) is 12.1 Å². The van der Waals surface area contributed by atoms with E-state index in [0.29, 0.717) is 44.1 Å². The lowest BCUT2D eigenvalue weighted by atomic mass is 9.97. The lowest BCUT2D eigenvalue weighted by Gasteiger charge is -2.31. The second-order valence-electron chi connectivity index (χ2n) is 8.59. The average molecular weight is 354 g/mol. The van der Waals surface area contributed by atoms with Crippen LogP contribution in [0.2, 0.25) is 0 Å². The predicted octanol–water partition coefficient (Wildman–Crippen LogP) is 4.25. The summed E-state index contributed by atoms with van der Waals surface area (Å²) in [6.07, 6.45) is 5.38. The molecule has 0 spiro atoms. The van der Waals surface area contributed by atoms with Crippen molar-refractivity contribution in [3.05, 3.63) is 0 Å². The Hall–Kier alpha value is -1.26. The minimum atomic E-state index is -0.451. The van der Waals surface area contributed by atoms with Crippen LogP contribution in [-0.4, -0.2) is 43.3 Å². The van der Waals surface area contributed by atoms with Crippen molar-refractivity contribution in [1.82, 2.24) is 4.90 Å². The molecule has 1 saturated heterocycles. The molecule has 5 nitrogen and oxygen atoms in total. The zero-order valence-corrected chi connectivity index (χ0v) is 16.4. The van der Waals surface area contributed by atoms with Gasteiger partial charge in [0.25, 0.3) is 0 Å². The summed E-state index contributed by atoms with van der Waals surface area (Å²) in [5.41, 5.74) is -0.451. The van der Waals surface area contributed by atoms with Crippen molar-refractivity contribution in [2.45, 2.75) is 66.2 Å². The lowest BCUT2D eigenvalue weighted by Crippen LogP contribution is -2.44. The van der Waals surface area contributed by atoms with Gasteiger partial charge in [0.05, 0.1) is 18.6 Å². The molecule has 1 saturated carbocycles. The van der Waals surface area contributed by atoms with E-state index in [1.165, 1.54) is 0 Å². The van der Waals surface area contributed by atoms with Gasteiger partial charge < -0.3 is 14.4 Å². The SMILES string of the molecule is CC(C)CCCOC(=O)N1CCC2CC2(C(=O)OCCCC(C)C)C1. The van der Waals surface area contributed by atoms with Crippen LogP contribution in [0.4, 0.5) is 4.79 Å². The van der Waals surface area contributed by atoms with Crippen molar-refractivity contribution in [3.63, 3.8) is 0 Å². The third-order valence-electron chi connectivity index (χ3n) is 5.43. The topological polar surface area (TPSA) is 55.8 Å². The van der Waals surface area contributed by atoms with Crippen molar-refractivity contribution in [3.8, 4) is 0 Å². The monoisotopic (exact) mass is 353 g/mol. The van der Waals surface area contributed by atoms with Gasteiger partial charge in [-0.15, -0.1) is 0 Å². The fraction of sp³-hybridized carbons (Fsp3) is 0.900. The first-order valence-electron chi connectivity index (χ1n) is 9.94. The number of rotatable bonds is 9. The van der Waals surface area contributed by atoms with E-state index in [0.717, 1.165) is 38.5 Å². The molecule has 2 rings (SSSR count). The first-order valence-corrected chi connectivity index (χ1v) is 9.94. The summed E-state index contributed by atoms with van der Waals surface area (Å²) in [7, 11) is 0. The third-order valence-corrected chi connectivity index (χ3v) is 5.43. The minimum Gasteiger partial charge on any atom is -0.465 e. The third kappa shape index (κ3) is 5.61. The number of hydrogen-bond donors (Lipinski definition) is 0. The summed E-state index contributed by atoms with van der Waals surface area (Å²) in [4.78, 5) is 26.5. The van der Waals surface area contributed by atoms with Crippen LogP contribution in [0.5, 0.6) is 0 Å². The van der Waals surface area contributed by atoms with Gasteiger partial charge in [-0.25, -0.2) is 4.79 Å². The Morgan fingerprint density at radius 2 is 1.64 bits per heavy atom. The number of fused-ring (bicyclic) bond motifs is 1. The van der Waals surface area contributed by atoms with Gasteiger partial charge in [-0.2, -0.15) is 0 Å². The molecule has 5 heteroatoms. The molecular formula is C20H35NO4. The fourth-order valence-electron chi connectivity index (χ4n) is 3.70. The summed E-state index contributed by atoms with van der Waals surface area (Å²) < 4.78 is 10.9. The number of carbonyl (C=O) groups excluding carboxylic acids is 2. The summed E-state index contributed by atoms with van der Waals surface area (Å²) in [6, 6.07) is 0. The molecule has 2 unspecified atom stereocenters. The van der Waals surface area contributed by atoms with Crippen LogP contribution in [0.15, 0.2) is 0 Å². The van der Waals surface area contributed by atoms with Crippen LogP contribution in [0.1, 0.15) is 66.2 Å². The molecule has 1 heterocycles. The van der Waals surface area contributed by atoms with Crippen LogP contribution in [0, 0.1) is 23.2 Å². The van der Waals surface area contributed by atoms with Gasteiger partial charge in [-0.3, -0.25) is 4.79 Å². The molecule has 0 aromatic heterocycles. The van der Waals surface area contributed by atoms with Gasteiger partial charge in [0.15, 0.2) is 0 Å². The van der Waals surface area contributed by atoms with E-state index in [9.17, 15) is 9.59 Å².